The fourth-order valence-electron chi connectivity index (χ4n) is 1.56. The Morgan fingerprint density at radius 1 is 1.31 bits per heavy atom. The van der Waals surface area contributed by atoms with E-state index >= 15 is 0 Å². The highest BCUT2D eigenvalue weighted by molar-refractivity contribution is 5.20. The van der Waals surface area contributed by atoms with Gasteiger partial charge in [-0.2, -0.15) is 0 Å². The zero-order chi connectivity index (χ0) is 12.0. The molecule has 86 valence electrons. The lowest BCUT2D eigenvalue weighted by Crippen LogP contribution is -2.23. The summed E-state index contributed by atoms with van der Waals surface area (Å²) in [4.78, 5) is 0. The van der Waals surface area contributed by atoms with Gasteiger partial charge in [-0.05, 0) is 31.4 Å². The van der Waals surface area contributed by atoms with Crippen molar-refractivity contribution < 1.29 is 8.78 Å². The van der Waals surface area contributed by atoms with Gasteiger partial charge in [-0.1, -0.05) is 6.07 Å². The van der Waals surface area contributed by atoms with Gasteiger partial charge in [0.2, 0.25) is 0 Å². The van der Waals surface area contributed by atoms with Crippen LogP contribution >= 0.6 is 0 Å². The zero-order valence-electron chi connectivity index (χ0n) is 9.05. The van der Waals surface area contributed by atoms with Crippen molar-refractivity contribution in [3.05, 3.63) is 35.4 Å². The van der Waals surface area contributed by atoms with E-state index in [-0.39, 0.29) is 18.0 Å². The summed E-state index contributed by atoms with van der Waals surface area (Å²) in [6.07, 6.45) is 7.43. The molecule has 0 fully saturated rings. The third-order valence-electron chi connectivity index (χ3n) is 2.42. The van der Waals surface area contributed by atoms with Gasteiger partial charge in [-0.25, -0.2) is 8.78 Å². The number of nitrogens with two attached hydrogens (primary N) is 1. The molecule has 0 spiro atoms. The lowest BCUT2D eigenvalue weighted by atomic mass is 10.0. The molecule has 0 bridgehead atoms. The molecule has 0 saturated heterocycles. The predicted octanol–water partition coefficient (Wildman–Crippen LogP) is 2.64. The maximum atomic E-state index is 13.3. The van der Waals surface area contributed by atoms with E-state index in [9.17, 15) is 8.78 Å². The summed E-state index contributed by atoms with van der Waals surface area (Å²) in [6, 6.07) is 3.58. The summed E-state index contributed by atoms with van der Waals surface area (Å²) in [5.41, 5.74) is 5.85. The summed E-state index contributed by atoms with van der Waals surface area (Å²) in [5, 5.41) is 0. The van der Waals surface area contributed by atoms with Crippen LogP contribution in [-0.2, 0) is 6.42 Å². The highest BCUT2D eigenvalue weighted by Gasteiger charge is 2.12. The van der Waals surface area contributed by atoms with E-state index in [0.717, 1.165) is 6.42 Å². The Morgan fingerprint density at radius 3 is 2.50 bits per heavy atom. The molecule has 3 heteroatoms. The largest absolute Gasteiger partial charge is 0.327 e. The Morgan fingerprint density at radius 2 is 1.94 bits per heavy atom. The number of hydrogen-bond donors (Lipinski definition) is 1. The van der Waals surface area contributed by atoms with Crippen LogP contribution < -0.4 is 5.73 Å². The molecule has 0 aliphatic heterocycles. The van der Waals surface area contributed by atoms with Crippen molar-refractivity contribution in [3.63, 3.8) is 0 Å². The van der Waals surface area contributed by atoms with Crippen LogP contribution in [0.1, 0.15) is 24.8 Å². The summed E-state index contributed by atoms with van der Waals surface area (Å²) in [7, 11) is 0. The zero-order valence-corrected chi connectivity index (χ0v) is 9.05. The van der Waals surface area contributed by atoms with E-state index in [4.69, 9.17) is 12.2 Å². The van der Waals surface area contributed by atoms with Gasteiger partial charge in [0.1, 0.15) is 11.6 Å². The molecular weight excluding hydrogens is 208 g/mol. The van der Waals surface area contributed by atoms with Crippen molar-refractivity contribution in [1.29, 1.82) is 0 Å². The van der Waals surface area contributed by atoms with E-state index < -0.39 is 11.6 Å². The molecule has 1 unspecified atom stereocenters. The number of hydrogen-bond acceptors (Lipinski definition) is 1. The lowest BCUT2D eigenvalue weighted by molar-refractivity contribution is 0.518. The molecule has 16 heavy (non-hydrogen) atoms. The van der Waals surface area contributed by atoms with Crippen molar-refractivity contribution in [2.45, 2.75) is 31.7 Å². The van der Waals surface area contributed by atoms with E-state index in [0.29, 0.717) is 12.8 Å². The topological polar surface area (TPSA) is 26.0 Å². The molecule has 0 amide bonds. The highest BCUT2D eigenvalue weighted by atomic mass is 19.1. The second-order valence-electron chi connectivity index (χ2n) is 3.76. The van der Waals surface area contributed by atoms with Crippen LogP contribution in [0.5, 0.6) is 0 Å². The Kier molecular flexibility index (Phi) is 4.94. The van der Waals surface area contributed by atoms with Gasteiger partial charge < -0.3 is 5.73 Å². The molecule has 1 aromatic rings. The summed E-state index contributed by atoms with van der Waals surface area (Å²) in [6.45, 7) is 0. The van der Waals surface area contributed by atoms with Crippen molar-refractivity contribution in [2.75, 3.05) is 0 Å². The molecule has 1 atom stereocenters. The lowest BCUT2D eigenvalue weighted by Gasteiger charge is -2.11. The fourth-order valence-corrected chi connectivity index (χ4v) is 1.56. The third kappa shape index (κ3) is 3.63. The highest BCUT2D eigenvalue weighted by Crippen LogP contribution is 2.15. The van der Waals surface area contributed by atoms with E-state index in [1.807, 2.05) is 0 Å². The molecule has 0 aliphatic carbocycles. The predicted molar refractivity (Wildman–Crippen MR) is 60.7 cm³/mol. The number of benzene rings is 1. The average molecular weight is 223 g/mol. The minimum absolute atomic E-state index is 0.0655. The van der Waals surface area contributed by atoms with Crippen LogP contribution in [0.3, 0.4) is 0 Å². The van der Waals surface area contributed by atoms with E-state index in [1.54, 1.807) is 0 Å². The maximum Gasteiger partial charge on any atom is 0.129 e. The molecule has 0 radical (unpaired) electrons. The van der Waals surface area contributed by atoms with E-state index in [2.05, 4.69) is 5.92 Å². The molecule has 0 aromatic heterocycles. The van der Waals surface area contributed by atoms with Gasteiger partial charge in [0.15, 0.2) is 0 Å². The first kappa shape index (κ1) is 12.7. The first-order chi connectivity index (χ1) is 7.65. The second kappa shape index (κ2) is 6.24. The SMILES string of the molecule is C#CCCCC(N)Cc1c(F)cccc1F. The Labute approximate surface area is 94.7 Å². The number of terminal acetylenes is 1. The average Bonchev–Trinajstić information content (AvgIpc) is 2.24. The molecule has 0 saturated carbocycles. The molecule has 2 N–H and O–H groups in total. The van der Waals surface area contributed by atoms with Crippen LogP contribution in [0.15, 0.2) is 18.2 Å². The molecule has 0 aliphatic rings. The normalized spacial score (nSPS) is 12.1. The second-order valence-corrected chi connectivity index (χ2v) is 3.76. The Balaban J connectivity index is 2.56. The first-order valence-corrected chi connectivity index (χ1v) is 5.27. The van der Waals surface area contributed by atoms with Crippen molar-refractivity contribution in [2.24, 2.45) is 5.73 Å². The van der Waals surface area contributed by atoms with Crippen LogP contribution in [0.25, 0.3) is 0 Å². The monoisotopic (exact) mass is 223 g/mol. The van der Waals surface area contributed by atoms with Crippen molar-refractivity contribution in [3.8, 4) is 12.3 Å². The quantitative estimate of drug-likeness (QED) is 0.602. The minimum Gasteiger partial charge on any atom is -0.327 e. The van der Waals surface area contributed by atoms with Gasteiger partial charge in [0.25, 0.3) is 0 Å². The molecule has 1 aromatic carbocycles. The molecule has 1 rings (SSSR count). The fraction of sp³-hybridized carbons (Fsp3) is 0.385. The van der Waals surface area contributed by atoms with Gasteiger partial charge in [-0.15, -0.1) is 12.3 Å². The van der Waals surface area contributed by atoms with Crippen LogP contribution in [0, 0.1) is 24.0 Å². The van der Waals surface area contributed by atoms with Gasteiger partial charge in [-0.3, -0.25) is 0 Å². The number of rotatable bonds is 5. The molecular formula is C13H15F2N. The molecule has 1 nitrogen and oxygen atoms in total. The Hall–Kier alpha value is -1.40. The van der Waals surface area contributed by atoms with Crippen LogP contribution in [0.4, 0.5) is 8.78 Å². The number of halogens is 2. The first-order valence-electron chi connectivity index (χ1n) is 5.27. The van der Waals surface area contributed by atoms with E-state index in [1.165, 1.54) is 18.2 Å². The summed E-state index contributed by atoms with van der Waals surface area (Å²) in [5.74, 6) is 1.44. The maximum absolute atomic E-state index is 13.3. The van der Waals surface area contributed by atoms with Crippen molar-refractivity contribution >= 4 is 0 Å². The summed E-state index contributed by atoms with van der Waals surface area (Å²) >= 11 is 0. The number of unbranched alkanes of at least 4 members (excludes halogenated alkanes) is 1. The standard InChI is InChI=1S/C13H15F2N/c1-2-3-4-6-10(16)9-11-12(14)7-5-8-13(11)15/h1,5,7-8,10H,3-4,6,9,16H2. The van der Waals surface area contributed by atoms with Gasteiger partial charge >= 0.3 is 0 Å². The summed E-state index contributed by atoms with van der Waals surface area (Å²) < 4.78 is 26.5. The smallest absolute Gasteiger partial charge is 0.129 e. The van der Waals surface area contributed by atoms with Crippen LogP contribution in [-0.4, -0.2) is 6.04 Å². The van der Waals surface area contributed by atoms with Crippen molar-refractivity contribution in [1.82, 2.24) is 0 Å². The minimum atomic E-state index is -0.535. The molecule has 0 heterocycles. The van der Waals surface area contributed by atoms with Gasteiger partial charge in [0, 0.05) is 18.0 Å². The van der Waals surface area contributed by atoms with Crippen LogP contribution in [0.2, 0.25) is 0 Å². The third-order valence-corrected chi connectivity index (χ3v) is 2.42. The Bertz CT molecular complexity index is 362. The van der Waals surface area contributed by atoms with Gasteiger partial charge in [0.05, 0.1) is 0 Å².